The maximum absolute atomic E-state index is 5.38. The molecule has 0 aliphatic carbocycles. The Hall–Kier alpha value is -1.11. The van der Waals surface area contributed by atoms with Crippen LogP contribution >= 0.6 is 11.3 Å². The van der Waals surface area contributed by atoms with Gasteiger partial charge in [0.1, 0.15) is 0 Å². The van der Waals surface area contributed by atoms with Gasteiger partial charge in [0.05, 0.1) is 0 Å². The summed E-state index contributed by atoms with van der Waals surface area (Å²) in [6, 6.07) is 4.18. The Balaban J connectivity index is 2.17. The van der Waals surface area contributed by atoms with Gasteiger partial charge >= 0.3 is 0 Å². The van der Waals surface area contributed by atoms with Crippen molar-refractivity contribution in [1.82, 2.24) is 10.7 Å². The third-order valence-corrected chi connectivity index (χ3v) is 3.09. The molecule has 0 unspecified atom stereocenters. The summed E-state index contributed by atoms with van der Waals surface area (Å²) < 4.78 is 4.95. The molecule has 0 atom stereocenters. The summed E-state index contributed by atoms with van der Waals surface area (Å²) in [5.41, 5.74) is 2.56. The summed E-state index contributed by atoms with van der Waals surface area (Å²) in [4.78, 5) is 5.65. The maximum atomic E-state index is 5.38. The van der Waals surface area contributed by atoms with Gasteiger partial charge < -0.3 is 10.1 Å². The van der Waals surface area contributed by atoms with Crippen molar-refractivity contribution < 1.29 is 4.74 Å². The number of ether oxygens (including phenoxy) is 1. The predicted octanol–water partition coefficient (Wildman–Crippen LogP) is 0.736. The van der Waals surface area contributed by atoms with Gasteiger partial charge in [-0.05, 0) is 24.3 Å². The van der Waals surface area contributed by atoms with Crippen molar-refractivity contribution in [2.45, 2.75) is 12.8 Å². The first-order chi connectivity index (χ1) is 8.36. The quantitative estimate of drug-likeness (QED) is 0.221. The molecule has 0 aliphatic heterocycles. The monoisotopic (exact) mass is 256 g/mol. The molecule has 1 aromatic rings. The molecule has 0 amide bonds. The number of nitrogens with two attached hydrogens (primary N) is 1. The van der Waals surface area contributed by atoms with Crippen LogP contribution in [-0.2, 0) is 11.2 Å². The molecule has 4 N–H and O–H groups in total. The van der Waals surface area contributed by atoms with Crippen LogP contribution in [0.5, 0.6) is 0 Å². The highest BCUT2D eigenvalue weighted by atomic mass is 32.1. The molecule has 1 aromatic heterocycles. The summed E-state index contributed by atoms with van der Waals surface area (Å²) >= 11 is 1.76. The van der Waals surface area contributed by atoms with Gasteiger partial charge in [0.2, 0.25) is 5.96 Å². The summed E-state index contributed by atoms with van der Waals surface area (Å²) in [7, 11) is 1.69. The van der Waals surface area contributed by atoms with E-state index in [2.05, 4.69) is 33.2 Å². The number of nitrogens with zero attached hydrogens (tertiary/aromatic N) is 1. The number of rotatable bonds is 7. The van der Waals surface area contributed by atoms with Gasteiger partial charge in [0, 0.05) is 31.7 Å². The molecule has 0 fully saturated rings. The standard InChI is InChI=1S/C11H20N4OS/c1-16-8-3-6-13-11(15-12)14-7-5-10-4-2-9-17-10/h2,4,9H,3,5-8,12H2,1H3,(H2,13,14,15). The zero-order valence-electron chi connectivity index (χ0n) is 10.1. The van der Waals surface area contributed by atoms with Crippen molar-refractivity contribution in [3.63, 3.8) is 0 Å². The van der Waals surface area contributed by atoms with Crippen molar-refractivity contribution >= 4 is 17.3 Å². The number of nitrogens with one attached hydrogen (secondary N) is 2. The van der Waals surface area contributed by atoms with Crippen molar-refractivity contribution in [3.8, 4) is 0 Å². The van der Waals surface area contributed by atoms with E-state index in [1.807, 2.05) is 0 Å². The number of hydrogen-bond acceptors (Lipinski definition) is 4. The van der Waals surface area contributed by atoms with E-state index in [0.717, 1.165) is 26.0 Å². The van der Waals surface area contributed by atoms with Crippen LogP contribution in [-0.4, -0.2) is 32.8 Å². The van der Waals surface area contributed by atoms with Gasteiger partial charge in [0.15, 0.2) is 0 Å². The van der Waals surface area contributed by atoms with Crippen molar-refractivity contribution in [2.75, 3.05) is 26.8 Å². The zero-order valence-corrected chi connectivity index (χ0v) is 10.9. The van der Waals surface area contributed by atoms with E-state index in [0.29, 0.717) is 12.5 Å². The molecule has 0 aromatic carbocycles. The van der Waals surface area contributed by atoms with Gasteiger partial charge in [0.25, 0.3) is 0 Å². The van der Waals surface area contributed by atoms with E-state index in [4.69, 9.17) is 10.6 Å². The Bertz CT molecular complexity index is 313. The largest absolute Gasteiger partial charge is 0.385 e. The summed E-state index contributed by atoms with van der Waals surface area (Å²) in [6.45, 7) is 2.25. The Morgan fingerprint density at radius 1 is 1.59 bits per heavy atom. The molecule has 5 nitrogen and oxygen atoms in total. The molecule has 6 heteroatoms. The Kier molecular flexibility index (Phi) is 7.37. The van der Waals surface area contributed by atoms with Gasteiger partial charge in [-0.2, -0.15) is 0 Å². The van der Waals surface area contributed by atoms with Crippen molar-refractivity contribution in [2.24, 2.45) is 10.8 Å². The van der Waals surface area contributed by atoms with E-state index in [-0.39, 0.29) is 0 Å². The normalized spacial score (nSPS) is 11.5. The maximum Gasteiger partial charge on any atom is 0.205 e. The first kappa shape index (κ1) is 14.0. The van der Waals surface area contributed by atoms with Gasteiger partial charge in [-0.3, -0.25) is 10.4 Å². The van der Waals surface area contributed by atoms with Crippen LogP contribution in [0.25, 0.3) is 0 Å². The second-order valence-electron chi connectivity index (χ2n) is 3.48. The van der Waals surface area contributed by atoms with Crippen LogP contribution in [0.4, 0.5) is 0 Å². The zero-order chi connectivity index (χ0) is 12.3. The van der Waals surface area contributed by atoms with Crippen LogP contribution in [0.15, 0.2) is 22.5 Å². The lowest BCUT2D eigenvalue weighted by atomic mass is 10.3. The Morgan fingerprint density at radius 3 is 3.12 bits per heavy atom. The van der Waals surface area contributed by atoms with E-state index in [9.17, 15) is 0 Å². The summed E-state index contributed by atoms with van der Waals surface area (Å²) in [5, 5.41) is 5.24. The number of hydrazine groups is 1. The highest BCUT2D eigenvalue weighted by Crippen LogP contribution is 2.07. The number of methoxy groups -OCH3 is 1. The average Bonchev–Trinajstić information content (AvgIpc) is 2.85. The van der Waals surface area contributed by atoms with Crippen LogP contribution in [0.3, 0.4) is 0 Å². The third-order valence-electron chi connectivity index (χ3n) is 2.16. The smallest absolute Gasteiger partial charge is 0.205 e. The van der Waals surface area contributed by atoms with Crippen molar-refractivity contribution in [1.29, 1.82) is 0 Å². The van der Waals surface area contributed by atoms with Crippen molar-refractivity contribution in [3.05, 3.63) is 22.4 Å². The third kappa shape index (κ3) is 6.25. The topological polar surface area (TPSA) is 71.7 Å². The highest BCUT2D eigenvalue weighted by Gasteiger charge is 1.97. The van der Waals surface area contributed by atoms with Crippen LogP contribution in [0.2, 0.25) is 0 Å². The molecular formula is C11H20N4OS. The predicted molar refractivity (Wildman–Crippen MR) is 72.1 cm³/mol. The molecule has 0 saturated carbocycles. The van der Waals surface area contributed by atoms with E-state index < -0.39 is 0 Å². The lowest BCUT2D eigenvalue weighted by molar-refractivity contribution is 0.197. The van der Waals surface area contributed by atoms with Gasteiger partial charge in [-0.25, -0.2) is 5.84 Å². The molecular weight excluding hydrogens is 236 g/mol. The minimum Gasteiger partial charge on any atom is -0.385 e. The molecule has 0 bridgehead atoms. The van der Waals surface area contributed by atoms with E-state index in [1.165, 1.54) is 4.88 Å². The lowest BCUT2D eigenvalue weighted by Crippen LogP contribution is -2.42. The summed E-state index contributed by atoms with van der Waals surface area (Å²) in [5.74, 6) is 6.01. The minimum atomic E-state index is 0.637. The van der Waals surface area contributed by atoms with E-state index in [1.54, 1.807) is 18.4 Å². The summed E-state index contributed by atoms with van der Waals surface area (Å²) in [6.07, 6.45) is 1.88. The molecule has 1 rings (SSSR count). The Labute approximate surface area is 106 Å². The average molecular weight is 256 g/mol. The fourth-order valence-electron chi connectivity index (χ4n) is 1.31. The van der Waals surface area contributed by atoms with Gasteiger partial charge in [-0.15, -0.1) is 11.3 Å². The SMILES string of the molecule is COCCCN=C(NN)NCCc1cccs1. The van der Waals surface area contributed by atoms with E-state index >= 15 is 0 Å². The first-order valence-electron chi connectivity index (χ1n) is 5.63. The molecule has 96 valence electrons. The van der Waals surface area contributed by atoms with Crippen LogP contribution in [0.1, 0.15) is 11.3 Å². The molecule has 1 heterocycles. The van der Waals surface area contributed by atoms with Gasteiger partial charge in [-0.1, -0.05) is 6.07 Å². The molecule has 0 saturated heterocycles. The number of hydrogen-bond donors (Lipinski definition) is 3. The van der Waals surface area contributed by atoms with Crippen LogP contribution in [0, 0.1) is 0 Å². The first-order valence-corrected chi connectivity index (χ1v) is 6.51. The highest BCUT2D eigenvalue weighted by molar-refractivity contribution is 7.09. The molecule has 0 spiro atoms. The number of guanidine groups is 1. The molecule has 17 heavy (non-hydrogen) atoms. The second kappa shape index (κ2) is 8.98. The fraction of sp³-hybridized carbons (Fsp3) is 0.545. The number of aliphatic imine (C=N–C) groups is 1. The fourth-order valence-corrected chi connectivity index (χ4v) is 2.02. The minimum absolute atomic E-state index is 0.637. The van der Waals surface area contributed by atoms with Crippen LogP contribution < -0.4 is 16.6 Å². The number of thiophene rings is 1. The second-order valence-corrected chi connectivity index (χ2v) is 4.51. The lowest BCUT2D eigenvalue weighted by Gasteiger charge is -2.08. The molecule has 0 radical (unpaired) electrons. The molecule has 0 aliphatic rings. The Morgan fingerprint density at radius 2 is 2.47 bits per heavy atom.